The maximum absolute atomic E-state index is 12.2. The number of nitrogens with zero attached hydrogens (tertiary/aromatic N) is 1. The number of hydrogen-bond acceptors (Lipinski definition) is 5. The summed E-state index contributed by atoms with van der Waals surface area (Å²) in [7, 11) is -3.65. The Hall–Kier alpha value is -1.15. The molecule has 140 valence electrons. The molecule has 2 rings (SSSR count). The van der Waals surface area contributed by atoms with Crippen molar-refractivity contribution >= 4 is 27.3 Å². The van der Waals surface area contributed by atoms with Crippen molar-refractivity contribution in [2.24, 2.45) is 0 Å². The summed E-state index contributed by atoms with van der Waals surface area (Å²) in [6, 6.07) is 5.81. The third-order valence-corrected chi connectivity index (χ3v) is 5.85. The lowest BCUT2D eigenvalue weighted by atomic mass is 10.2. The number of rotatable bonds is 7. The van der Waals surface area contributed by atoms with E-state index in [1.807, 2.05) is 13.8 Å². The van der Waals surface area contributed by atoms with Gasteiger partial charge in [-0.15, -0.1) is 0 Å². The molecule has 2 unspecified atom stereocenters. The number of carbonyl (C=O) groups excluding carboxylic acids is 1. The first-order valence-corrected chi connectivity index (χ1v) is 10.4. The molecule has 0 aromatic heterocycles. The summed E-state index contributed by atoms with van der Waals surface area (Å²) in [4.78, 5) is 14.3. The van der Waals surface area contributed by atoms with E-state index < -0.39 is 21.5 Å². The first kappa shape index (κ1) is 20.2. The largest absolute Gasteiger partial charge is 0.373 e. The summed E-state index contributed by atoms with van der Waals surface area (Å²) in [6.07, 6.45) is 1.19. The van der Waals surface area contributed by atoms with Crippen LogP contribution in [0.3, 0.4) is 0 Å². The summed E-state index contributed by atoms with van der Waals surface area (Å²) in [5.41, 5.74) is 0. The lowest BCUT2D eigenvalue weighted by molar-refractivity contribution is -0.118. The summed E-state index contributed by atoms with van der Waals surface area (Å²) in [5, 5.41) is 3.13. The lowest BCUT2D eigenvalue weighted by Gasteiger charge is -2.35. The van der Waals surface area contributed by atoms with Gasteiger partial charge in [0, 0.05) is 31.2 Å². The van der Waals surface area contributed by atoms with Crippen LogP contribution in [0.2, 0.25) is 5.02 Å². The van der Waals surface area contributed by atoms with Crippen LogP contribution in [0, 0.1) is 0 Å². The molecule has 1 aromatic rings. The molecule has 1 N–H and O–H groups in total. The molecular formula is C17H25ClN2O4S. The topological polar surface area (TPSA) is 75.7 Å². The molecule has 1 heterocycles. The fourth-order valence-corrected chi connectivity index (χ4v) is 4.24. The number of morpholine rings is 1. The van der Waals surface area contributed by atoms with Crippen LogP contribution in [0.15, 0.2) is 29.2 Å². The third-order valence-electron chi connectivity index (χ3n) is 3.96. The Balaban J connectivity index is 1.72. The average Bonchev–Trinajstić information content (AvgIpc) is 2.50. The number of amides is 1. The molecule has 1 saturated heterocycles. The Morgan fingerprint density at radius 3 is 2.44 bits per heavy atom. The van der Waals surface area contributed by atoms with E-state index in [0.717, 1.165) is 26.1 Å². The Labute approximate surface area is 154 Å². The molecule has 8 heteroatoms. The Morgan fingerprint density at radius 1 is 1.24 bits per heavy atom. The molecule has 25 heavy (non-hydrogen) atoms. The van der Waals surface area contributed by atoms with Crippen LogP contribution < -0.4 is 5.32 Å². The van der Waals surface area contributed by atoms with E-state index in [4.69, 9.17) is 16.3 Å². The number of benzene rings is 1. The highest BCUT2D eigenvalue weighted by Gasteiger charge is 2.22. The van der Waals surface area contributed by atoms with Gasteiger partial charge in [-0.25, -0.2) is 8.42 Å². The first-order chi connectivity index (χ1) is 11.8. The standard InChI is InChI=1S/C17H25ClN2O4S/c1-13-10-20(11-14(2)24-13)9-3-8-19-17(21)12-25(22,23)16-6-4-15(18)5-7-16/h4-7,13-14H,3,8-12H2,1-2H3,(H,19,21). The highest BCUT2D eigenvalue weighted by atomic mass is 35.5. The second-order valence-electron chi connectivity index (χ2n) is 6.43. The van der Waals surface area contributed by atoms with Gasteiger partial charge < -0.3 is 10.1 Å². The van der Waals surface area contributed by atoms with Crippen LogP contribution >= 0.6 is 11.6 Å². The average molecular weight is 389 g/mol. The molecule has 1 aliphatic rings. The highest BCUT2D eigenvalue weighted by molar-refractivity contribution is 7.92. The lowest BCUT2D eigenvalue weighted by Crippen LogP contribution is -2.46. The van der Waals surface area contributed by atoms with Crippen molar-refractivity contribution in [1.29, 1.82) is 0 Å². The molecule has 1 amide bonds. The summed E-state index contributed by atoms with van der Waals surface area (Å²) in [5.74, 6) is -1.04. The van der Waals surface area contributed by atoms with Crippen LogP contribution in [-0.4, -0.2) is 63.4 Å². The molecule has 2 atom stereocenters. The molecule has 0 saturated carbocycles. The van der Waals surface area contributed by atoms with Gasteiger partial charge in [-0.1, -0.05) is 11.6 Å². The molecule has 1 aliphatic heterocycles. The molecule has 0 radical (unpaired) electrons. The number of ether oxygens (including phenoxy) is 1. The number of halogens is 1. The number of hydrogen-bond donors (Lipinski definition) is 1. The van der Waals surface area contributed by atoms with Crippen molar-refractivity contribution in [3.05, 3.63) is 29.3 Å². The SMILES string of the molecule is CC1CN(CCCNC(=O)CS(=O)(=O)c2ccc(Cl)cc2)CC(C)O1. The van der Waals surface area contributed by atoms with E-state index in [2.05, 4.69) is 10.2 Å². The van der Waals surface area contributed by atoms with Gasteiger partial charge in [0.25, 0.3) is 0 Å². The van der Waals surface area contributed by atoms with Crippen LogP contribution in [0.4, 0.5) is 0 Å². The first-order valence-electron chi connectivity index (χ1n) is 8.39. The molecule has 0 bridgehead atoms. The van der Waals surface area contributed by atoms with Gasteiger partial charge in [0.15, 0.2) is 9.84 Å². The van der Waals surface area contributed by atoms with Crippen LogP contribution in [0.25, 0.3) is 0 Å². The van der Waals surface area contributed by atoms with E-state index in [0.29, 0.717) is 11.6 Å². The van der Waals surface area contributed by atoms with E-state index in [1.165, 1.54) is 24.3 Å². The summed E-state index contributed by atoms with van der Waals surface area (Å²) < 4.78 is 30.0. The van der Waals surface area contributed by atoms with Crippen molar-refractivity contribution < 1.29 is 17.9 Å². The fourth-order valence-electron chi connectivity index (χ4n) is 2.95. The summed E-state index contributed by atoms with van der Waals surface area (Å²) >= 11 is 5.75. The normalized spacial score (nSPS) is 21.9. The van der Waals surface area contributed by atoms with Gasteiger partial charge in [0.2, 0.25) is 5.91 Å². The summed E-state index contributed by atoms with van der Waals surface area (Å²) in [6.45, 7) is 7.15. The number of sulfone groups is 1. The third kappa shape index (κ3) is 6.58. The quantitative estimate of drug-likeness (QED) is 0.720. The van der Waals surface area contributed by atoms with Crippen molar-refractivity contribution in [3.63, 3.8) is 0 Å². The van der Waals surface area contributed by atoms with Crippen LogP contribution in [-0.2, 0) is 19.4 Å². The van der Waals surface area contributed by atoms with E-state index in [1.54, 1.807) is 0 Å². The highest BCUT2D eigenvalue weighted by Crippen LogP contribution is 2.15. The van der Waals surface area contributed by atoms with Crippen LogP contribution in [0.5, 0.6) is 0 Å². The van der Waals surface area contributed by atoms with Crippen molar-refractivity contribution in [3.8, 4) is 0 Å². The predicted octanol–water partition coefficient (Wildman–Crippen LogP) is 1.73. The van der Waals surface area contributed by atoms with Crippen molar-refractivity contribution in [2.75, 3.05) is 31.9 Å². The van der Waals surface area contributed by atoms with Gasteiger partial charge in [-0.3, -0.25) is 9.69 Å². The Bertz CT molecular complexity index is 668. The minimum absolute atomic E-state index is 0.100. The second kappa shape index (κ2) is 8.98. The maximum atomic E-state index is 12.2. The smallest absolute Gasteiger partial charge is 0.235 e. The van der Waals surface area contributed by atoms with Gasteiger partial charge in [0.05, 0.1) is 17.1 Å². The minimum atomic E-state index is -3.65. The molecule has 1 aromatic carbocycles. The van der Waals surface area contributed by atoms with Crippen LogP contribution in [0.1, 0.15) is 20.3 Å². The Morgan fingerprint density at radius 2 is 1.84 bits per heavy atom. The number of carbonyl (C=O) groups is 1. The molecule has 0 aliphatic carbocycles. The van der Waals surface area contributed by atoms with Gasteiger partial charge in [-0.05, 0) is 44.5 Å². The Kier molecular flexibility index (Phi) is 7.25. The fraction of sp³-hybridized carbons (Fsp3) is 0.588. The zero-order valence-electron chi connectivity index (χ0n) is 14.6. The van der Waals surface area contributed by atoms with E-state index in [9.17, 15) is 13.2 Å². The second-order valence-corrected chi connectivity index (χ2v) is 8.86. The van der Waals surface area contributed by atoms with Crippen molar-refractivity contribution in [2.45, 2.75) is 37.4 Å². The molecule has 1 fully saturated rings. The van der Waals surface area contributed by atoms with Crippen molar-refractivity contribution in [1.82, 2.24) is 10.2 Å². The zero-order chi connectivity index (χ0) is 18.4. The monoisotopic (exact) mass is 388 g/mol. The molecule has 6 nitrogen and oxygen atoms in total. The maximum Gasteiger partial charge on any atom is 0.235 e. The molecular weight excluding hydrogens is 364 g/mol. The predicted molar refractivity (Wildman–Crippen MR) is 97.6 cm³/mol. The van der Waals surface area contributed by atoms with Gasteiger partial charge in [-0.2, -0.15) is 0 Å². The van der Waals surface area contributed by atoms with Gasteiger partial charge >= 0.3 is 0 Å². The minimum Gasteiger partial charge on any atom is -0.373 e. The number of nitrogens with one attached hydrogen (secondary N) is 1. The van der Waals surface area contributed by atoms with Gasteiger partial charge in [0.1, 0.15) is 5.75 Å². The molecule has 0 spiro atoms. The van der Waals surface area contributed by atoms with E-state index in [-0.39, 0.29) is 17.1 Å². The zero-order valence-corrected chi connectivity index (χ0v) is 16.1. The van der Waals surface area contributed by atoms with E-state index >= 15 is 0 Å².